The second-order valence-electron chi connectivity index (χ2n) is 6.19. The van der Waals surface area contributed by atoms with Crippen LogP contribution in [0.25, 0.3) is 0 Å². The number of benzene rings is 1. The van der Waals surface area contributed by atoms with E-state index in [0.29, 0.717) is 12.8 Å². The van der Waals surface area contributed by atoms with E-state index in [1.54, 1.807) is 12.1 Å². The largest absolute Gasteiger partial charge is 0.325 e. The summed E-state index contributed by atoms with van der Waals surface area (Å²) in [5.41, 5.74) is 0.197. The summed E-state index contributed by atoms with van der Waals surface area (Å²) in [5.74, 6) is -0.894. The lowest BCUT2D eigenvalue weighted by Crippen LogP contribution is -2.32. The third-order valence-electron chi connectivity index (χ3n) is 4.27. The highest BCUT2D eigenvalue weighted by Crippen LogP contribution is 2.40. The second-order valence-corrected chi connectivity index (χ2v) is 7.84. The fourth-order valence-corrected chi connectivity index (χ4v) is 4.02. The molecule has 2 aliphatic rings. The molecule has 1 heterocycles. The molecule has 2 N–H and O–H groups in total. The summed E-state index contributed by atoms with van der Waals surface area (Å²) >= 11 is 0. The molecular weight excluding hydrogens is 328 g/mol. The van der Waals surface area contributed by atoms with E-state index < -0.39 is 15.9 Å². The molecule has 0 spiro atoms. The maximum absolute atomic E-state index is 12.5. The highest BCUT2D eigenvalue weighted by Gasteiger charge is 2.42. The first-order valence-corrected chi connectivity index (χ1v) is 9.58. The molecule has 1 aliphatic heterocycles. The van der Waals surface area contributed by atoms with Gasteiger partial charge in [0.15, 0.2) is 0 Å². The van der Waals surface area contributed by atoms with E-state index >= 15 is 0 Å². The summed E-state index contributed by atoms with van der Waals surface area (Å²) in [5, 5.41) is 2.63. The maximum Gasteiger partial charge on any atom is 0.266 e. The predicted octanol–water partition coefficient (Wildman–Crippen LogP) is 2.20. The van der Waals surface area contributed by atoms with Gasteiger partial charge in [0.2, 0.25) is 11.8 Å². The zero-order chi connectivity index (χ0) is 17.2. The van der Waals surface area contributed by atoms with Gasteiger partial charge in [0.25, 0.3) is 10.0 Å². The molecule has 1 aromatic carbocycles. The number of nitrogens with one attached hydrogen (secondary N) is 2. The van der Waals surface area contributed by atoms with Crippen molar-refractivity contribution < 1.29 is 18.0 Å². The molecular formula is C17H20N2O4S. The smallest absolute Gasteiger partial charge is 0.266 e. The van der Waals surface area contributed by atoms with Crippen LogP contribution in [-0.2, 0) is 19.6 Å². The number of fused-ring (bicyclic) bond motifs is 2. The third kappa shape index (κ3) is 3.84. The summed E-state index contributed by atoms with van der Waals surface area (Å²) in [6, 6.07) is 6.11. The van der Waals surface area contributed by atoms with Crippen molar-refractivity contribution in [3.05, 3.63) is 36.4 Å². The SMILES string of the molecule is O=C1CCCC/C=C/[C@@H]2C[C@@H]2C(=O)NS(=O)(=O)c2ccccc2N1. The van der Waals surface area contributed by atoms with Crippen LogP contribution in [0.3, 0.4) is 0 Å². The summed E-state index contributed by atoms with van der Waals surface area (Å²) < 4.78 is 27.2. The molecule has 1 fully saturated rings. The Balaban J connectivity index is 1.89. The van der Waals surface area contributed by atoms with Crippen LogP contribution in [0.5, 0.6) is 0 Å². The Labute approximate surface area is 141 Å². The van der Waals surface area contributed by atoms with Gasteiger partial charge < -0.3 is 5.32 Å². The molecule has 2 atom stereocenters. The van der Waals surface area contributed by atoms with Crippen molar-refractivity contribution in [2.24, 2.45) is 11.8 Å². The van der Waals surface area contributed by atoms with Crippen molar-refractivity contribution in [2.45, 2.75) is 37.0 Å². The third-order valence-corrected chi connectivity index (χ3v) is 5.68. The minimum Gasteiger partial charge on any atom is -0.325 e. The molecule has 0 radical (unpaired) electrons. The number of para-hydroxylation sites is 1. The Bertz CT molecular complexity index is 786. The van der Waals surface area contributed by atoms with Crippen LogP contribution >= 0.6 is 0 Å². The zero-order valence-electron chi connectivity index (χ0n) is 13.2. The molecule has 1 aliphatic carbocycles. The number of hydrogen-bond acceptors (Lipinski definition) is 4. The fraction of sp³-hybridized carbons (Fsp3) is 0.412. The fourth-order valence-electron chi connectivity index (χ4n) is 2.83. The Morgan fingerprint density at radius 3 is 2.71 bits per heavy atom. The van der Waals surface area contributed by atoms with E-state index in [1.807, 2.05) is 12.2 Å². The lowest BCUT2D eigenvalue weighted by atomic mass is 10.1. The number of rotatable bonds is 0. The van der Waals surface area contributed by atoms with Crippen LogP contribution in [-0.4, -0.2) is 20.2 Å². The van der Waals surface area contributed by atoms with Crippen molar-refractivity contribution in [1.82, 2.24) is 4.72 Å². The highest BCUT2D eigenvalue weighted by atomic mass is 32.2. The van der Waals surface area contributed by atoms with Crippen molar-refractivity contribution in [1.29, 1.82) is 0 Å². The molecule has 128 valence electrons. The van der Waals surface area contributed by atoms with Gasteiger partial charge in [-0.15, -0.1) is 0 Å². The number of hydrogen-bond donors (Lipinski definition) is 2. The lowest BCUT2D eigenvalue weighted by molar-refractivity contribution is -0.120. The van der Waals surface area contributed by atoms with Crippen molar-refractivity contribution in [2.75, 3.05) is 5.32 Å². The minimum atomic E-state index is -4.02. The summed E-state index contributed by atoms with van der Waals surface area (Å²) in [6.07, 6.45) is 7.47. The van der Waals surface area contributed by atoms with E-state index in [2.05, 4.69) is 10.0 Å². The molecule has 1 aromatic rings. The average Bonchev–Trinajstić information content (AvgIpc) is 3.29. The first-order chi connectivity index (χ1) is 11.5. The van der Waals surface area contributed by atoms with E-state index in [-0.39, 0.29) is 28.3 Å². The molecule has 1 saturated carbocycles. The quantitative estimate of drug-likeness (QED) is 0.703. The zero-order valence-corrected chi connectivity index (χ0v) is 14.0. The van der Waals surface area contributed by atoms with Crippen LogP contribution in [0.1, 0.15) is 32.1 Å². The number of carbonyl (C=O) groups excluding carboxylic acids is 2. The number of carbonyl (C=O) groups is 2. The number of anilines is 1. The molecule has 0 unspecified atom stereocenters. The summed E-state index contributed by atoms with van der Waals surface area (Å²) in [7, 11) is -4.02. The van der Waals surface area contributed by atoms with Crippen LogP contribution in [0, 0.1) is 11.8 Å². The second kappa shape index (κ2) is 6.76. The van der Waals surface area contributed by atoms with E-state index in [1.165, 1.54) is 12.1 Å². The topological polar surface area (TPSA) is 92.3 Å². The number of amides is 2. The molecule has 6 nitrogen and oxygen atoms in total. The van der Waals surface area contributed by atoms with Crippen LogP contribution in [0.4, 0.5) is 5.69 Å². The minimum absolute atomic E-state index is 0.0886. The number of sulfonamides is 1. The van der Waals surface area contributed by atoms with E-state index in [0.717, 1.165) is 19.3 Å². The van der Waals surface area contributed by atoms with Crippen molar-refractivity contribution >= 4 is 27.5 Å². The van der Waals surface area contributed by atoms with Gasteiger partial charge in [-0.05, 0) is 43.7 Å². The Morgan fingerprint density at radius 1 is 1.08 bits per heavy atom. The van der Waals surface area contributed by atoms with Crippen molar-refractivity contribution in [3.63, 3.8) is 0 Å². The van der Waals surface area contributed by atoms with Crippen molar-refractivity contribution in [3.8, 4) is 0 Å². The molecule has 0 aromatic heterocycles. The molecule has 0 bridgehead atoms. The first kappa shape index (κ1) is 16.7. The van der Waals surface area contributed by atoms with Gasteiger partial charge in [0.1, 0.15) is 4.90 Å². The summed E-state index contributed by atoms with van der Waals surface area (Å²) in [4.78, 5) is 24.1. The Morgan fingerprint density at radius 2 is 1.88 bits per heavy atom. The van der Waals surface area contributed by atoms with Crippen LogP contribution in [0.2, 0.25) is 0 Å². The van der Waals surface area contributed by atoms with E-state index in [4.69, 9.17) is 0 Å². The van der Waals surface area contributed by atoms with Gasteiger partial charge >= 0.3 is 0 Å². The Kier molecular flexibility index (Phi) is 4.71. The normalized spacial score (nSPS) is 28.2. The molecule has 7 heteroatoms. The lowest BCUT2D eigenvalue weighted by Gasteiger charge is -2.12. The maximum atomic E-state index is 12.5. The van der Waals surface area contributed by atoms with Gasteiger partial charge in [-0.2, -0.15) is 0 Å². The summed E-state index contributed by atoms with van der Waals surface area (Å²) in [6.45, 7) is 0. The molecule has 3 rings (SSSR count). The monoisotopic (exact) mass is 348 g/mol. The van der Waals surface area contributed by atoms with Gasteiger partial charge in [-0.1, -0.05) is 24.3 Å². The first-order valence-electron chi connectivity index (χ1n) is 8.09. The van der Waals surface area contributed by atoms with Gasteiger partial charge in [0.05, 0.1) is 5.69 Å². The molecule has 24 heavy (non-hydrogen) atoms. The van der Waals surface area contributed by atoms with Gasteiger partial charge in [0, 0.05) is 12.3 Å². The molecule has 0 saturated heterocycles. The van der Waals surface area contributed by atoms with Gasteiger partial charge in [-0.25, -0.2) is 13.1 Å². The molecule has 2 amide bonds. The van der Waals surface area contributed by atoms with Crippen LogP contribution in [0.15, 0.2) is 41.3 Å². The van der Waals surface area contributed by atoms with Crippen LogP contribution < -0.4 is 10.0 Å². The van der Waals surface area contributed by atoms with Gasteiger partial charge in [-0.3, -0.25) is 9.59 Å². The predicted molar refractivity (Wildman–Crippen MR) is 89.6 cm³/mol. The number of allylic oxidation sites excluding steroid dienone is 2. The van der Waals surface area contributed by atoms with E-state index in [9.17, 15) is 18.0 Å². The highest BCUT2D eigenvalue weighted by molar-refractivity contribution is 7.90. The Hall–Kier alpha value is -2.15. The average molecular weight is 348 g/mol. The standard InChI is InChI=1S/C17H20N2O4S/c20-16-10-4-2-1-3-7-12-11-13(12)17(21)19-24(22,23)15-9-6-5-8-14(15)18-16/h3,5-9,12-13H,1-2,4,10-11H2,(H,18,20)(H,19,21)/b7-3+/t12-,13+/m1/s1.